The van der Waals surface area contributed by atoms with Crippen LogP contribution in [0.1, 0.15) is 48.5 Å². The number of rotatable bonds is 3. The third kappa shape index (κ3) is 5.91. The number of aliphatic hydroxyl groups excluding tert-OH is 1. The topological polar surface area (TPSA) is 49.8 Å². The number of hydrogen-bond donors (Lipinski definition) is 1. The fourth-order valence-corrected chi connectivity index (χ4v) is 1.34. The lowest BCUT2D eigenvalue weighted by molar-refractivity contribution is 0.00109. The highest BCUT2D eigenvalue weighted by atomic mass is 16.6. The number of carbonyl (C=O) groups excluding carboxylic acids is 1. The molecular weight excluding hydrogens is 218 g/mol. The maximum absolute atomic E-state index is 12.0. The average molecular weight is 245 g/mol. The molecule has 0 saturated carbocycles. The molecule has 1 atom stereocenters. The van der Waals surface area contributed by atoms with Gasteiger partial charge in [0.2, 0.25) is 0 Å². The summed E-state index contributed by atoms with van der Waals surface area (Å²) in [5.74, 6) is 0. The fourth-order valence-electron chi connectivity index (χ4n) is 1.34. The second-order valence-electron chi connectivity index (χ2n) is 6.44. The maximum Gasteiger partial charge on any atom is 0.410 e. The van der Waals surface area contributed by atoms with Crippen molar-refractivity contribution in [3.8, 4) is 0 Å². The monoisotopic (exact) mass is 245 g/mol. The second-order valence-corrected chi connectivity index (χ2v) is 6.44. The predicted octanol–water partition coefficient (Wildman–Crippen LogP) is 2.65. The van der Waals surface area contributed by atoms with E-state index in [9.17, 15) is 4.79 Å². The van der Waals surface area contributed by atoms with Gasteiger partial charge in [0.05, 0.1) is 6.61 Å². The van der Waals surface area contributed by atoms with Crippen molar-refractivity contribution < 1.29 is 14.6 Å². The smallest absolute Gasteiger partial charge is 0.410 e. The SMILES string of the molecule is CC(N(CCO)C(=O)OC(C)(C)C)C(C)(C)C. The molecular formula is C13H27NO3. The van der Waals surface area contributed by atoms with Crippen LogP contribution in [0.25, 0.3) is 0 Å². The number of amides is 1. The Balaban J connectivity index is 4.80. The first kappa shape index (κ1) is 16.2. The summed E-state index contributed by atoms with van der Waals surface area (Å²) in [4.78, 5) is 13.6. The largest absolute Gasteiger partial charge is 0.444 e. The van der Waals surface area contributed by atoms with Gasteiger partial charge in [-0.1, -0.05) is 20.8 Å². The summed E-state index contributed by atoms with van der Waals surface area (Å²) < 4.78 is 5.34. The van der Waals surface area contributed by atoms with Crippen LogP contribution in [-0.4, -0.2) is 40.9 Å². The van der Waals surface area contributed by atoms with Crippen molar-refractivity contribution in [2.75, 3.05) is 13.2 Å². The van der Waals surface area contributed by atoms with Gasteiger partial charge in [-0.3, -0.25) is 0 Å². The molecule has 0 aromatic rings. The zero-order valence-electron chi connectivity index (χ0n) is 12.2. The molecule has 17 heavy (non-hydrogen) atoms. The molecule has 1 amide bonds. The zero-order valence-corrected chi connectivity index (χ0v) is 12.2. The van der Waals surface area contributed by atoms with Gasteiger partial charge in [0.25, 0.3) is 0 Å². The number of aliphatic hydroxyl groups is 1. The van der Waals surface area contributed by atoms with Crippen molar-refractivity contribution in [2.24, 2.45) is 5.41 Å². The lowest BCUT2D eigenvalue weighted by Crippen LogP contribution is -2.48. The van der Waals surface area contributed by atoms with E-state index >= 15 is 0 Å². The van der Waals surface area contributed by atoms with Crippen molar-refractivity contribution in [1.29, 1.82) is 0 Å². The van der Waals surface area contributed by atoms with Crippen LogP contribution in [0.5, 0.6) is 0 Å². The van der Waals surface area contributed by atoms with Crippen LogP contribution in [0.2, 0.25) is 0 Å². The summed E-state index contributed by atoms with van der Waals surface area (Å²) in [6.45, 7) is 13.9. The molecule has 1 N–H and O–H groups in total. The van der Waals surface area contributed by atoms with E-state index in [1.807, 2.05) is 27.7 Å². The molecule has 4 nitrogen and oxygen atoms in total. The number of hydrogen-bond acceptors (Lipinski definition) is 3. The Morgan fingerprint density at radius 2 is 1.71 bits per heavy atom. The van der Waals surface area contributed by atoms with E-state index in [0.717, 1.165) is 0 Å². The molecule has 0 aromatic carbocycles. The van der Waals surface area contributed by atoms with Crippen LogP contribution >= 0.6 is 0 Å². The molecule has 0 radical (unpaired) electrons. The Bertz CT molecular complexity index is 250. The summed E-state index contributed by atoms with van der Waals surface area (Å²) in [5, 5.41) is 9.05. The molecule has 0 spiro atoms. The summed E-state index contributed by atoms with van der Waals surface area (Å²) in [6, 6.07) is 0.00417. The first-order valence-electron chi connectivity index (χ1n) is 6.09. The number of carbonyl (C=O) groups is 1. The van der Waals surface area contributed by atoms with Gasteiger partial charge < -0.3 is 14.7 Å². The minimum atomic E-state index is -0.512. The van der Waals surface area contributed by atoms with Gasteiger partial charge in [-0.15, -0.1) is 0 Å². The Labute approximate surface area is 105 Å². The van der Waals surface area contributed by atoms with Gasteiger partial charge in [-0.2, -0.15) is 0 Å². The minimum absolute atomic E-state index is 0.00417. The van der Waals surface area contributed by atoms with Gasteiger partial charge in [0.15, 0.2) is 0 Å². The molecule has 0 aromatic heterocycles. The van der Waals surface area contributed by atoms with Crippen LogP contribution in [0.3, 0.4) is 0 Å². The Hall–Kier alpha value is -0.770. The molecule has 1 unspecified atom stereocenters. The maximum atomic E-state index is 12.0. The first-order valence-corrected chi connectivity index (χ1v) is 6.09. The highest BCUT2D eigenvalue weighted by molar-refractivity contribution is 5.68. The molecule has 0 heterocycles. The summed E-state index contributed by atoms with van der Waals surface area (Å²) in [7, 11) is 0. The van der Waals surface area contributed by atoms with Gasteiger partial charge >= 0.3 is 6.09 Å². The van der Waals surface area contributed by atoms with Crippen molar-refractivity contribution in [1.82, 2.24) is 4.90 Å². The summed E-state index contributed by atoms with van der Waals surface area (Å²) in [6.07, 6.45) is -0.367. The third-order valence-corrected chi connectivity index (χ3v) is 2.69. The standard InChI is InChI=1S/C13H27NO3/c1-10(12(2,3)4)14(8-9-15)11(16)17-13(5,6)7/h10,15H,8-9H2,1-7H3. The highest BCUT2D eigenvalue weighted by Gasteiger charge is 2.32. The van der Waals surface area contributed by atoms with Crippen LogP contribution < -0.4 is 0 Å². The quantitative estimate of drug-likeness (QED) is 0.831. The van der Waals surface area contributed by atoms with Gasteiger partial charge in [0.1, 0.15) is 5.60 Å². The van der Waals surface area contributed by atoms with Crippen LogP contribution in [0, 0.1) is 5.41 Å². The molecule has 0 bridgehead atoms. The lowest BCUT2D eigenvalue weighted by atomic mass is 9.87. The van der Waals surface area contributed by atoms with Crippen LogP contribution in [-0.2, 0) is 4.74 Å². The highest BCUT2D eigenvalue weighted by Crippen LogP contribution is 2.25. The zero-order chi connectivity index (χ0) is 13.9. The molecule has 4 heteroatoms. The van der Waals surface area contributed by atoms with Crippen LogP contribution in [0.4, 0.5) is 4.79 Å². The predicted molar refractivity (Wildman–Crippen MR) is 68.9 cm³/mol. The van der Waals surface area contributed by atoms with Crippen molar-refractivity contribution in [3.63, 3.8) is 0 Å². The molecule has 0 aliphatic heterocycles. The Morgan fingerprint density at radius 3 is 2.00 bits per heavy atom. The first-order chi connectivity index (χ1) is 7.49. The van der Waals surface area contributed by atoms with Crippen molar-refractivity contribution in [2.45, 2.75) is 60.1 Å². The minimum Gasteiger partial charge on any atom is -0.444 e. The lowest BCUT2D eigenvalue weighted by Gasteiger charge is -2.38. The Kier molecular flexibility index (Phi) is 5.46. The fraction of sp³-hybridized carbons (Fsp3) is 0.923. The molecule has 0 aliphatic carbocycles. The number of ether oxygens (including phenoxy) is 1. The molecule has 0 fully saturated rings. The van der Waals surface area contributed by atoms with E-state index in [0.29, 0.717) is 6.54 Å². The molecule has 0 aliphatic rings. The Morgan fingerprint density at radius 1 is 1.24 bits per heavy atom. The van der Waals surface area contributed by atoms with Crippen molar-refractivity contribution >= 4 is 6.09 Å². The van der Waals surface area contributed by atoms with E-state index < -0.39 is 5.60 Å². The van der Waals surface area contributed by atoms with Crippen molar-refractivity contribution in [3.05, 3.63) is 0 Å². The van der Waals surface area contributed by atoms with E-state index in [-0.39, 0.29) is 24.2 Å². The second kappa shape index (κ2) is 5.71. The summed E-state index contributed by atoms with van der Waals surface area (Å²) in [5.41, 5.74) is -0.561. The molecule has 0 saturated heterocycles. The number of nitrogens with zero attached hydrogens (tertiary/aromatic N) is 1. The molecule has 102 valence electrons. The van der Waals surface area contributed by atoms with Crippen LogP contribution in [0.15, 0.2) is 0 Å². The van der Waals surface area contributed by atoms with Gasteiger partial charge in [0, 0.05) is 12.6 Å². The third-order valence-electron chi connectivity index (χ3n) is 2.69. The van der Waals surface area contributed by atoms with Gasteiger partial charge in [-0.05, 0) is 33.1 Å². The van der Waals surface area contributed by atoms with E-state index in [4.69, 9.17) is 9.84 Å². The normalized spacial score (nSPS) is 14.4. The van der Waals surface area contributed by atoms with Gasteiger partial charge in [-0.25, -0.2) is 4.79 Å². The molecule has 0 rings (SSSR count). The van der Waals surface area contributed by atoms with E-state index in [1.54, 1.807) is 4.90 Å². The van der Waals surface area contributed by atoms with E-state index in [2.05, 4.69) is 20.8 Å². The van der Waals surface area contributed by atoms with E-state index in [1.165, 1.54) is 0 Å². The summed E-state index contributed by atoms with van der Waals surface area (Å²) >= 11 is 0. The average Bonchev–Trinajstić information content (AvgIpc) is 2.08.